The SMILES string of the molecule is CC(C)(C)OC(=O)N(F)c1cc(B2OC(C)(C)C(C)(C)O2)ccc1F. The van der Waals surface area contributed by atoms with Crippen LogP contribution in [0.2, 0.25) is 0 Å². The molecule has 2 rings (SSSR count). The third-order valence-corrected chi connectivity index (χ3v) is 4.26. The highest BCUT2D eigenvalue weighted by Gasteiger charge is 2.51. The number of carbonyl (C=O) groups is 1. The summed E-state index contributed by atoms with van der Waals surface area (Å²) in [4.78, 5) is 11.8. The van der Waals surface area contributed by atoms with Gasteiger partial charge in [-0.15, -0.1) is 5.12 Å². The number of amides is 1. The van der Waals surface area contributed by atoms with E-state index in [1.165, 1.54) is 12.1 Å². The molecule has 0 aromatic heterocycles. The Kier molecular flexibility index (Phi) is 4.91. The number of anilines is 1. The summed E-state index contributed by atoms with van der Waals surface area (Å²) in [5.74, 6) is -0.895. The maximum absolute atomic E-state index is 14.3. The number of benzene rings is 1. The summed E-state index contributed by atoms with van der Waals surface area (Å²) in [6.45, 7) is 12.3. The van der Waals surface area contributed by atoms with Gasteiger partial charge in [0.05, 0.1) is 11.2 Å². The van der Waals surface area contributed by atoms with Gasteiger partial charge in [-0.2, -0.15) is 0 Å². The molecule has 0 aliphatic carbocycles. The van der Waals surface area contributed by atoms with Crippen molar-refractivity contribution in [1.82, 2.24) is 0 Å². The van der Waals surface area contributed by atoms with Crippen molar-refractivity contribution >= 4 is 24.4 Å². The maximum Gasteiger partial charge on any atom is 0.494 e. The maximum atomic E-state index is 14.3. The standard InChI is InChI=1S/C17H24BF2NO4/c1-15(2,3)23-14(22)21(20)13-10-11(8-9-12(13)19)18-24-16(4,5)17(6,7)25-18/h8-10H,1-7H3. The predicted octanol–water partition coefficient (Wildman–Crippen LogP) is 3.75. The Balaban J connectivity index is 2.28. The largest absolute Gasteiger partial charge is 0.494 e. The predicted molar refractivity (Wildman–Crippen MR) is 91.9 cm³/mol. The van der Waals surface area contributed by atoms with Gasteiger partial charge < -0.3 is 14.0 Å². The van der Waals surface area contributed by atoms with Gasteiger partial charge in [0.2, 0.25) is 0 Å². The monoisotopic (exact) mass is 355 g/mol. The Hall–Kier alpha value is -1.67. The van der Waals surface area contributed by atoms with Crippen molar-refractivity contribution in [3.63, 3.8) is 0 Å². The first-order valence-electron chi connectivity index (χ1n) is 8.07. The normalized spacial score (nSPS) is 19.0. The van der Waals surface area contributed by atoms with E-state index in [9.17, 15) is 13.7 Å². The van der Waals surface area contributed by atoms with E-state index in [1.807, 2.05) is 27.7 Å². The van der Waals surface area contributed by atoms with Gasteiger partial charge in [-0.1, -0.05) is 10.5 Å². The van der Waals surface area contributed by atoms with E-state index in [1.54, 1.807) is 20.8 Å². The lowest BCUT2D eigenvalue weighted by atomic mass is 9.79. The molecular formula is C17H24BF2NO4. The van der Waals surface area contributed by atoms with Gasteiger partial charge in [0.15, 0.2) is 0 Å². The molecule has 0 unspecified atom stereocenters. The second-order valence-corrected chi connectivity index (χ2v) is 8.06. The van der Waals surface area contributed by atoms with Crippen molar-refractivity contribution in [2.24, 2.45) is 0 Å². The molecule has 5 nitrogen and oxygen atoms in total. The second-order valence-electron chi connectivity index (χ2n) is 8.06. The number of halogens is 2. The van der Waals surface area contributed by atoms with E-state index in [0.717, 1.165) is 6.07 Å². The third-order valence-electron chi connectivity index (χ3n) is 4.26. The fourth-order valence-corrected chi connectivity index (χ4v) is 2.21. The summed E-state index contributed by atoms with van der Waals surface area (Å²) in [6, 6.07) is 3.68. The molecule has 1 aliphatic heterocycles. The van der Waals surface area contributed by atoms with Crippen LogP contribution in [0.4, 0.5) is 19.4 Å². The van der Waals surface area contributed by atoms with Crippen LogP contribution < -0.4 is 10.6 Å². The summed E-state index contributed by atoms with van der Waals surface area (Å²) < 4.78 is 45.0. The first kappa shape index (κ1) is 19.7. The summed E-state index contributed by atoms with van der Waals surface area (Å²) >= 11 is 0. The van der Waals surface area contributed by atoms with Crippen LogP contribution in [0.15, 0.2) is 18.2 Å². The van der Waals surface area contributed by atoms with Crippen molar-refractivity contribution in [2.45, 2.75) is 65.3 Å². The minimum atomic E-state index is -1.29. The molecule has 1 saturated heterocycles. The van der Waals surface area contributed by atoms with Gasteiger partial charge in [0, 0.05) is 0 Å². The summed E-state index contributed by atoms with van der Waals surface area (Å²) in [6.07, 6.45) is -1.29. The lowest BCUT2D eigenvalue weighted by Crippen LogP contribution is -2.41. The molecule has 138 valence electrons. The fourth-order valence-electron chi connectivity index (χ4n) is 2.21. The zero-order valence-corrected chi connectivity index (χ0v) is 15.6. The van der Waals surface area contributed by atoms with Gasteiger partial charge in [0.25, 0.3) is 0 Å². The first-order valence-corrected chi connectivity index (χ1v) is 8.07. The summed E-state index contributed by atoms with van der Waals surface area (Å²) in [7, 11) is -0.795. The van der Waals surface area contributed by atoms with Crippen LogP contribution in [0.25, 0.3) is 0 Å². The summed E-state index contributed by atoms with van der Waals surface area (Å²) in [5, 5.41) is -0.352. The minimum absolute atomic E-state index is 0.352. The molecule has 0 saturated carbocycles. The molecule has 0 atom stereocenters. The van der Waals surface area contributed by atoms with E-state index in [2.05, 4.69) is 0 Å². The molecule has 1 aromatic rings. The minimum Gasteiger partial charge on any atom is -0.442 e. The Morgan fingerprint density at radius 1 is 1.16 bits per heavy atom. The van der Waals surface area contributed by atoms with Crippen molar-refractivity contribution in [1.29, 1.82) is 0 Å². The zero-order valence-electron chi connectivity index (χ0n) is 15.6. The Labute approximate surface area is 147 Å². The quantitative estimate of drug-likeness (QED) is 0.599. The number of ether oxygens (including phenoxy) is 1. The topological polar surface area (TPSA) is 48.0 Å². The molecule has 1 aromatic carbocycles. The molecule has 1 aliphatic rings. The van der Waals surface area contributed by atoms with Gasteiger partial charge >= 0.3 is 13.2 Å². The molecule has 0 radical (unpaired) electrons. The van der Waals surface area contributed by atoms with Crippen LogP contribution >= 0.6 is 0 Å². The Morgan fingerprint density at radius 3 is 2.16 bits per heavy atom. The highest BCUT2D eigenvalue weighted by Crippen LogP contribution is 2.36. The van der Waals surface area contributed by atoms with Crippen molar-refractivity contribution < 1.29 is 27.7 Å². The number of carbonyl (C=O) groups excluding carboxylic acids is 1. The number of hydrogen-bond donors (Lipinski definition) is 0. The molecule has 25 heavy (non-hydrogen) atoms. The molecule has 0 spiro atoms. The van der Waals surface area contributed by atoms with Gasteiger partial charge in [-0.05, 0) is 66.1 Å². The lowest BCUT2D eigenvalue weighted by molar-refractivity contribution is 0.00578. The van der Waals surface area contributed by atoms with Crippen LogP contribution in [-0.4, -0.2) is 30.0 Å². The molecular weight excluding hydrogens is 331 g/mol. The van der Waals surface area contributed by atoms with E-state index >= 15 is 0 Å². The number of nitrogens with zero attached hydrogens (tertiary/aromatic N) is 1. The number of rotatable bonds is 2. The zero-order chi connectivity index (χ0) is 19.2. The van der Waals surface area contributed by atoms with Gasteiger partial charge in [0.1, 0.15) is 17.1 Å². The molecule has 0 N–H and O–H groups in total. The smallest absolute Gasteiger partial charge is 0.442 e. The molecule has 1 amide bonds. The average molecular weight is 355 g/mol. The van der Waals surface area contributed by atoms with Gasteiger partial charge in [-0.25, -0.2) is 9.18 Å². The average Bonchev–Trinajstić information content (AvgIpc) is 2.65. The van der Waals surface area contributed by atoms with Crippen LogP contribution in [0.5, 0.6) is 0 Å². The van der Waals surface area contributed by atoms with Gasteiger partial charge in [-0.3, -0.25) is 0 Å². The Morgan fingerprint density at radius 2 is 1.68 bits per heavy atom. The van der Waals surface area contributed by atoms with E-state index in [-0.39, 0.29) is 5.12 Å². The molecule has 8 heteroatoms. The van der Waals surface area contributed by atoms with E-state index in [4.69, 9.17) is 14.0 Å². The van der Waals surface area contributed by atoms with Crippen LogP contribution in [0.3, 0.4) is 0 Å². The van der Waals surface area contributed by atoms with E-state index in [0.29, 0.717) is 5.46 Å². The number of hydrogen-bond acceptors (Lipinski definition) is 4. The van der Waals surface area contributed by atoms with Crippen LogP contribution in [0.1, 0.15) is 48.5 Å². The van der Waals surface area contributed by atoms with Crippen molar-refractivity contribution in [3.8, 4) is 0 Å². The second kappa shape index (κ2) is 6.25. The highest BCUT2D eigenvalue weighted by atomic mass is 19.2. The molecule has 0 bridgehead atoms. The van der Waals surface area contributed by atoms with Crippen LogP contribution in [0, 0.1) is 5.82 Å². The highest BCUT2D eigenvalue weighted by molar-refractivity contribution is 6.62. The molecule has 1 fully saturated rings. The molecule has 1 heterocycles. The first-order chi connectivity index (χ1) is 11.2. The van der Waals surface area contributed by atoms with Crippen molar-refractivity contribution in [2.75, 3.05) is 5.12 Å². The van der Waals surface area contributed by atoms with Crippen molar-refractivity contribution in [3.05, 3.63) is 24.0 Å². The summed E-state index contributed by atoms with van der Waals surface area (Å²) in [5.41, 5.74) is -2.23. The fraction of sp³-hybridized carbons (Fsp3) is 0.588. The van der Waals surface area contributed by atoms with E-state index < -0.39 is 41.5 Å². The third kappa shape index (κ3) is 4.12. The lowest BCUT2D eigenvalue weighted by Gasteiger charge is -2.32. The van der Waals surface area contributed by atoms with Crippen LogP contribution in [-0.2, 0) is 14.0 Å². The Bertz CT molecular complexity index is 657.